The Balaban J connectivity index is 1.48. The lowest BCUT2D eigenvalue weighted by molar-refractivity contribution is 0.0664. The molecule has 0 N–H and O–H groups in total. The number of rotatable bonds is 5. The monoisotopic (exact) mass is 391 g/mol. The number of carbonyl (C=O) groups is 2. The molecule has 0 fully saturated rings. The minimum atomic E-state index is -0.267. The summed E-state index contributed by atoms with van der Waals surface area (Å²) in [6.45, 7) is 0.271. The van der Waals surface area contributed by atoms with Crippen molar-refractivity contribution in [2.45, 2.75) is 5.03 Å². The Morgan fingerprint density at radius 3 is 2.41 bits per heavy atom. The average Bonchev–Trinajstić information content (AvgIpc) is 3.32. The van der Waals surface area contributed by atoms with Crippen molar-refractivity contribution in [1.82, 2.24) is 9.88 Å². The van der Waals surface area contributed by atoms with Gasteiger partial charge in [0, 0.05) is 12.3 Å². The quantitative estimate of drug-likeness (QED) is 0.484. The van der Waals surface area contributed by atoms with E-state index in [2.05, 4.69) is 11.1 Å². The van der Waals surface area contributed by atoms with Gasteiger partial charge in [-0.3, -0.25) is 14.5 Å². The fourth-order valence-electron chi connectivity index (χ4n) is 2.87. The second kappa shape index (κ2) is 7.35. The predicted molar refractivity (Wildman–Crippen MR) is 105 cm³/mol. The molecule has 27 heavy (non-hydrogen) atoms. The molecule has 4 rings (SSSR count). The van der Waals surface area contributed by atoms with Crippen LogP contribution in [0.3, 0.4) is 0 Å². The van der Waals surface area contributed by atoms with Gasteiger partial charge in [-0.15, -0.1) is 23.1 Å². The van der Waals surface area contributed by atoms with E-state index in [0.717, 1.165) is 10.6 Å². The normalized spacial score (nSPS) is 12.9. The molecule has 1 aromatic carbocycles. The molecule has 0 spiro atoms. The van der Waals surface area contributed by atoms with Crippen molar-refractivity contribution in [2.24, 2.45) is 0 Å². The van der Waals surface area contributed by atoms with Gasteiger partial charge in [-0.25, -0.2) is 4.98 Å². The number of carbonyl (C=O) groups excluding carboxylic acids is 2. The summed E-state index contributed by atoms with van der Waals surface area (Å²) in [6, 6.07) is 16.5. The third-order valence-electron chi connectivity index (χ3n) is 4.19. The summed E-state index contributed by atoms with van der Waals surface area (Å²) >= 11 is 2.96. The lowest BCUT2D eigenvalue weighted by Crippen LogP contribution is -2.31. The zero-order chi connectivity index (χ0) is 18.8. The molecule has 3 aromatic rings. The fourth-order valence-corrected chi connectivity index (χ4v) is 4.47. The van der Waals surface area contributed by atoms with E-state index in [0.29, 0.717) is 27.5 Å². The highest BCUT2D eigenvalue weighted by molar-refractivity contribution is 7.99. The number of pyridine rings is 1. The van der Waals surface area contributed by atoms with E-state index >= 15 is 0 Å². The lowest BCUT2D eigenvalue weighted by Gasteiger charge is -2.13. The Kier molecular flexibility index (Phi) is 4.75. The van der Waals surface area contributed by atoms with E-state index in [1.807, 2.05) is 23.6 Å². The van der Waals surface area contributed by atoms with Crippen molar-refractivity contribution in [3.63, 3.8) is 0 Å². The molecule has 0 aliphatic carbocycles. The van der Waals surface area contributed by atoms with Gasteiger partial charge in [0.15, 0.2) is 0 Å². The minimum Gasteiger partial charge on any atom is -0.273 e. The predicted octanol–water partition coefficient (Wildman–Crippen LogP) is 4.07. The third-order valence-corrected chi connectivity index (χ3v) is 6.05. The second-order valence-electron chi connectivity index (χ2n) is 5.79. The van der Waals surface area contributed by atoms with Crippen molar-refractivity contribution in [2.75, 3.05) is 12.3 Å². The maximum Gasteiger partial charge on any atom is 0.261 e. The van der Waals surface area contributed by atoms with Crippen LogP contribution < -0.4 is 0 Å². The number of hydrogen-bond acceptors (Lipinski definition) is 6. The highest BCUT2D eigenvalue weighted by Gasteiger charge is 2.34. The summed E-state index contributed by atoms with van der Waals surface area (Å²) in [5, 5.41) is 11.9. The van der Waals surface area contributed by atoms with Gasteiger partial charge >= 0.3 is 0 Å². The zero-order valence-electron chi connectivity index (χ0n) is 14.1. The van der Waals surface area contributed by atoms with Crippen molar-refractivity contribution in [3.05, 3.63) is 70.6 Å². The van der Waals surface area contributed by atoms with Crippen LogP contribution in [0.4, 0.5) is 0 Å². The number of thioether (sulfide) groups is 1. The molecule has 132 valence electrons. The van der Waals surface area contributed by atoms with Crippen molar-refractivity contribution < 1.29 is 9.59 Å². The van der Waals surface area contributed by atoms with Crippen LogP contribution in [-0.2, 0) is 0 Å². The second-order valence-corrected chi connectivity index (χ2v) is 7.83. The minimum absolute atomic E-state index is 0.267. The molecular formula is C20H13N3O2S2. The maximum absolute atomic E-state index is 12.4. The molecule has 0 saturated carbocycles. The number of fused-ring (bicyclic) bond motifs is 1. The molecule has 0 atom stereocenters. The van der Waals surface area contributed by atoms with Crippen LogP contribution in [0, 0.1) is 11.3 Å². The number of aromatic nitrogens is 1. The van der Waals surface area contributed by atoms with Gasteiger partial charge in [0.1, 0.15) is 11.1 Å². The number of amides is 2. The summed E-state index contributed by atoms with van der Waals surface area (Å²) in [6.07, 6.45) is 0. The first-order valence-electron chi connectivity index (χ1n) is 8.22. The number of thiophene rings is 1. The highest BCUT2D eigenvalue weighted by atomic mass is 32.2. The molecular weight excluding hydrogens is 378 g/mol. The van der Waals surface area contributed by atoms with E-state index < -0.39 is 0 Å². The number of nitrogens with zero attached hydrogens (tertiary/aromatic N) is 3. The summed E-state index contributed by atoms with van der Waals surface area (Å²) in [7, 11) is 0. The van der Waals surface area contributed by atoms with Crippen LogP contribution in [0.1, 0.15) is 26.3 Å². The van der Waals surface area contributed by atoms with Gasteiger partial charge in [0.05, 0.1) is 27.3 Å². The van der Waals surface area contributed by atoms with Gasteiger partial charge in [-0.2, -0.15) is 5.26 Å². The Labute approximate surface area is 164 Å². The average molecular weight is 391 g/mol. The number of imide groups is 1. The first kappa shape index (κ1) is 17.5. The topological polar surface area (TPSA) is 74.1 Å². The van der Waals surface area contributed by atoms with Crippen LogP contribution in [0.5, 0.6) is 0 Å². The van der Waals surface area contributed by atoms with Gasteiger partial charge < -0.3 is 0 Å². The molecule has 1 aliphatic rings. The molecule has 2 aromatic heterocycles. The molecule has 0 radical (unpaired) electrons. The summed E-state index contributed by atoms with van der Waals surface area (Å²) < 4.78 is 0. The Hall–Kier alpha value is -2.95. The molecule has 5 nitrogen and oxygen atoms in total. The van der Waals surface area contributed by atoms with Gasteiger partial charge in [0.25, 0.3) is 11.8 Å². The van der Waals surface area contributed by atoms with Crippen LogP contribution in [0.2, 0.25) is 0 Å². The van der Waals surface area contributed by atoms with Crippen molar-refractivity contribution in [1.29, 1.82) is 5.26 Å². The van der Waals surface area contributed by atoms with Crippen LogP contribution >= 0.6 is 23.1 Å². The van der Waals surface area contributed by atoms with Crippen LogP contribution in [0.25, 0.3) is 10.6 Å². The molecule has 3 heterocycles. The molecule has 7 heteroatoms. The number of hydrogen-bond donors (Lipinski definition) is 0. The molecule has 0 saturated heterocycles. The standard InChI is InChI=1S/C20H13N3O2S2/c21-12-13-7-8-16(17-6-3-10-26-17)22-18(13)27-11-9-23-19(24)14-4-1-2-5-15(14)20(23)25/h1-8,10H,9,11H2. The van der Waals surface area contributed by atoms with E-state index in [9.17, 15) is 14.9 Å². The third kappa shape index (κ3) is 3.25. The Morgan fingerprint density at radius 2 is 1.78 bits per heavy atom. The first-order chi connectivity index (χ1) is 13.2. The Morgan fingerprint density at radius 1 is 1.04 bits per heavy atom. The molecule has 1 aliphatic heterocycles. The fraction of sp³-hybridized carbons (Fsp3) is 0.100. The van der Waals surface area contributed by atoms with Crippen molar-refractivity contribution in [3.8, 4) is 16.6 Å². The van der Waals surface area contributed by atoms with Gasteiger partial charge in [-0.1, -0.05) is 18.2 Å². The van der Waals surface area contributed by atoms with Gasteiger partial charge in [0.2, 0.25) is 0 Å². The number of nitriles is 1. The SMILES string of the molecule is N#Cc1ccc(-c2cccs2)nc1SCCN1C(=O)c2ccccc2C1=O. The van der Waals surface area contributed by atoms with Crippen LogP contribution in [-0.4, -0.2) is 34.0 Å². The molecule has 2 amide bonds. The van der Waals surface area contributed by atoms with E-state index in [-0.39, 0.29) is 18.4 Å². The summed E-state index contributed by atoms with van der Waals surface area (Å²) in [4.78, 5) is 31.7. The van der Waals surface area contributed by atoms with E-state index in [1.54, 1.807) is 41.7 Å². The lowest BCUT2D eigenvalue weighted by atomic mass is 10.1. The van der Waals surface area contributed by atoms with E-state index in [4.69, 9.17) is 0 Å². The molecule has 0 bridgehead atoms. The van der Waals surface area contributed by atoms with Gasteiger partial charge in [-0.05, 0) is 35.7 Å². The summed E-state index contributed by atoms with van der Waals surface area (Å²) in [5.41, 5.74) is 2.20. The zero-order valence-corrected chi connectivity index (χ0v) is 15.7. The first-order valence-corrected chi connectivity index (χ1v) is 10.1. The number of benzene rings is 1. The molecule has 0 unspecified atom stereocenters. The van der Waals surface area contributed by atoms with E-state index in [1.165, 1.54) is 16.7 Å². The smallest absolute Gasteiger partial charge is 0.261 e. The van der Waals surface area contributed by atoms with Crippen LogP contribution in [0.15, 0.2) is 58.9 Å². The Bertz CT molecular complexity index is 1040. The highest BCUT2D eigenvalue weighted by Crippen LogP contribution is 2.29. The van der Waals surface area contributed by atoms with Crippen molar-refractivity contribution >= 4 is 34.9 Å². The summed E-state index contributed by atoms with van der Waals surface area (Å²) in [5.74, 6) is -0.0601. The largest absolute Gasteiger partial charge is 0.273 e. The maximum atomic E-state index is 12.4.